The number of hydrogen-bond acceptors (Lipinski definition) is 5. The SMILES string of the molecule is CCSc1sc(CN(C)C)cc1/C=N/O. The summed E-state index contributed by atoms with van der Waals surface area (Å²) in [7, 11) is 4.10. The van der Waals surface area contributed by atoms with E-state index in [1.165, 1.54) is 15.3 Å². The highest BCUT2D eigenvalue weighted by atomic mass is 32.2. The highest BCUT2D eigenvalue weighted by Crippen LogP contribution is 2.31. The average molecular weight is 244 g/mol. The van der Waals surface area contributed by atoms with Gasteiger partial charge in [0.2, 0.25) is 0 Å². The van der Waals surface area contributed by atoms with Crippen LogP contribution in [0.25, 0.3) is 0 Å². The van der Waals surface area contributed by atoms with Crippen molar-refractivity contribution in [3.05, 3.63) is 16.5 Å². The van der Waals surface area contributed by atoms with Crippen LogP contribution in [0.4, 0.5) is 0 Å². The van der Waals surface area contributed by atoms with E-state index in [9.17, 15) is 0 Å². The van der Waals surface area contributed by atoms with Gasteiger partial charge in [0.15, 0.2) is 0 Å². The zero-order chi connectivity index (χ0) is 11.3. The molecule has 0 radical (unpaired) electrons. The van der Waals surface area contributed by atoms with E-state index in [0.29, 0.717) is 0 Å². The van der Waals surface area contributed by atoms with Gasteiger partial charge in [0.1, 0.15) is 0 Å². The fourth-order valence-corrected chi connectivity index (χ4v) is 3.65. The van der Waals surface area contributed by atoms with E-state index in [4.69, 9.17) is 5.21 Å². The summed E-state index contributed by atoms with van der Waals surface area (Å²) < 4.78 is 1.23. The average Bonchev–Trinajstić information content (AvgIpc) is 2.48. The smallest absolute Gasteiger partial charge is 0.0753 e. The zero-order valence-electron chi connectivity index (χ0n) is 9.23. The molecule has 84 valence electrons. The van der Waals surface area contributed by atoms with E-state index >= 15 is 0 Å². The summed E-state index contributed by atoms with van der Waals surface area (Å²) in [5.74, 6) is 1.04. The lowest BCUT2D eigenvalue weighted by molar-refractivity contribution is 0.322. The number of hydrogen-bond donors (Lipinski definition) is 1. The van der Waals surface area contributed by atoms with Crippen molar-refractivity contribution in [1.82, 2.24) is 4.90 Å². The molecule has 0 aliphatic rings. The molecule has 1 N–H and O–H groups in total. The van der Waals surface area contributed by atoms with Gasteiger partial charge in [-0.2, -0.15) is 0 Å². The maximum absolute atomic E-state index is 8.56. The molecule has 0 aliphatic carbocycles. The van der Waals surface area contributed by atoms with Gasteiger partial charge in [-0.3, -0.25) is 0 Å². The Bertz CT molecular complexity index is 334. The third kappa shape index (κ3) is 3.85. The van der Waals surface area contributed by atoms with E-state index in [0.717, 1.165) is 17.9 Å². The third-order valence-corrected chi connectivity index (χ3v) is 4.04. The first kappa shape index (κ1) is 12.5. The van der Waals surface area contributed by atoms with E-state index in [1.54, 1.807) is 23.1 Å². The monoisotopic (exact) mass is 244 g/mol. The first-order valence-electron chi connectivity index (χ1n) is 4.75. The fraction of sp³-hybridized carbons (Fsp3) is 0.500. The Kier molecular flexibility index (Phi) is 5.14. The molecule has 0 unspecified atom stereocenters. The second-order valence-electron chi connectivity index (χ2n) is 3.37. The topological polar surface area (TPSA) is 35.8 Å². The van der Waals surface area contributed by atoms with Crippen molar-refractivity contribution >= 4 is 29.3 Å². The molecule has 0 amide bonds. The summed E-state index contributed by atoms with van der Waals surface area (Å²) in [6, 6.07) is 2.09. The molecule has 0 atom stereocenters. The Hall–Kier alpha value is -0.520. The Morgan fingerprint density at radius 2 is 2.33 bits per heavy atom. The van der Waals surface area contributed by atoms with Gasteiger partial charge in [-0.1, -0.05) is 12.1 Å². The van der Waals surface area contributed by atoms with Crippen LogP contribution in [0.2, 0.25) is 0 Å². The van der Waals surface area contributed by atoms with Crippen LogP contribution in [0.15, 0.2) is 15.4 Å². The molecule has 0 saturated heterocycles. The van der Waals surface area contributed by atoms with Crippen molar-refractivity contribution in [3.8, 4) is 0 Å². The van der Waals surface area contributed by atoms with Gasteiger partial charge >= 0.3 is 0 Å². The number of thioether (sulfide) groups is 1. The standard InChI is InChI=1S/C10H16N2OS2/c1-4-14-10-8(6-11-13)5-9(15-10)7-12(2)3/h5-6,13H,4,7H2,1-3H3/b11-6+. The van der Waals surface area contributed by atoms with Gasteiger partial charge in [-0.05, 0) is 25.9 Å². The number of thiophene rings is 1. The molecular formula is C10H16N2OS2. The van der Waals surface area contributed by atoms with Crippen LogP contribution in [0.5, 0.6) is 0 Å². The van der Waals surface area contributed by atoms with Gasteiger partial charge in [0.05, 0.1) is 10.4 Å². The largest absolute Gasteiger partial charge is 0.411 e. The molecule has 3 nitrogen and oxygen atoms in total. The van der Waals surface area contributed by atoms with Crippen molar-refractivity contribution in [1.29, 1.82) is 0 Å². The molecule has 5 heteroatoms. The lowest BCUT2D eigenvalue weighted by Crippen LogP contribution is -2.09. The summed E-state index contributed by atoms with van der Waals surface area (Å²) in [5, 5.41) is 11.7. The third-order valence-electron chi connectivity index (χ3n) is 1.72. The van der Waals surface area contributed by atoms with Crippen molar-refractivity contribution in [2.45, 2.75) is 17.7 Å². The molecule has 1 aromatic heterocycles. The number of oxime groups is 1. The minimum Gasteiger partial charge on any atom is -0.411 e. The van der Waals surface area contributed by atoms with Crippen LogP contribution in [-0.4, -0.2) is 36.2 Å². The van der Waals surface area contributed by atoms with Gasteiger partial charge in [-0.25, -0.2) is 0 Å². The first-order chi connectivity index (χ1) is 7.17. The minimum absolute atomic E-state index is 0.932. The fourth-order valence-electron chi connectivity index (χ4n) is 1.23. The Morgan fingerprint density at radius 3 is 2.87 bits per heavy atom. The van der Waals surface area contributed by atoms with Gasteiger partial charge in [0.25, 0.3) is 0 Å². The van der Waals surface area contributed by atoms with Crippen LogP contribution in [-0.2, 0) is 6.54 Å². The van der Waals surface area contributed by atoms with Gasteiger partial charge < -0.3 is 10.1 Å². The molecule has 15 heavy (non-hydrogen) atoms. The molecule has 1 rings (SSSR count). The molecule has 0 spiro atoms. The van der Waals surface area contributed by atoms with Crippen molar-refractivity contribution < 1.29 is 5.21 Å². The molecule has 1 heterocycles. The van der Waals surface area contributed by atoms with E-state index < -0.39 is 0 Å². The van der Waals surface area contributed by atoms with Crippen LogP contribution in [0.1, 0.15) is 17.4 Å². The van der Waals surface area contributed by atoms with Crippen LogP contribution >= 0.6 is 23.1 Å². The summed E-state index contributed by atoms with van der Waals surface area (Å²) in [6.45, 7) is 3.05. The highest BCUT2D eigenvalue weighted by molar-refractivity contribution is 8.01. The highest BCUT2D eigenvalue weighted by Gasteiger charge is 2.08. The molecule has 0 aliphatic heterocycles. The van der Waals surface area contributed by atoms with Crippen molar-refractivity contribution in [2.75, 3.05) is 19.8 Å². The zero-order valence-corrected chi connectivity index (χ0v) is 10.9. The molecule has 0 saturated carbocycles. The molecule has 0 bridgehead atoms. The van der Waals surface area contributed by atoms with Crippen LogP contribution < -0.4 is 0 Å². The second kappa shape index (κ2) is 6.15. The normalized spacial score (nSPS) is 11.7. The van der Waals surface area contributed by atoms with Gasteiger partial charge in [-0.15, -0.1) is 23.1 Å². The number of rotatable bonds is 5. The van der Waals surface area contributed by atoms with E-state index in [2.05, 4.69) is 23.0 Å². The van der Waals surface area contributed by atoms with Crippen LogP contribution in [0, 0.1) is 0 Å². The molecule has 0 fully saturated rings. The molecule has 0 aromatic carbocycles. The molecule has 1 aromatic rings. The Balaban J connectivity index is 2.87. The van der Waals surface area contributed by atoms with Crippen LogP contribution in [0.3, 0.4) is 0 Å². The van der Waals surface area contributed by atoms with Gasteiger partial charge in [0, 0.05) is 17.0 Å². The van der Waals surface area contributed by atoms with E-state index in [-0.39, 0.29) is 0 Å². The predicted octanol–water partition coefficient (Wildman–Crippen LogP) is 2.73. The molecular weight excluding hydrogens is 228 g/mol. The summed E-state index contributed by atoms with van der Waals surface area (Å²) in [4.78, 5) is 3.43. The second-order valence-corrected chi connectivity index (χ2v) is 6.04. The maximum Gasteiger partial charge on any atom is 0.0753 e. The Labute approximate surface area is 98.8 Å². The number of nitrogens with zero attached hydrogens (tertiary/aromatic N) is 2. The van der Waals surface area contributed by atoms with Crippen molar-refractivity contribution in [2.24, 2.45) is 5.16 Å². The first-order valence-corrected chi connectivity index (χ1v) is 6.55. The lowest BCUT2D eigenvalue weighted by Gasteiger charge is -2.05. The van der Waals surface area contributed by atoms with E-state index in [1.807, 2.05) is 14.1 Å². The maximum atomic E-state index is 8.56. The Morgan fingerprint density at radius 1 is 1.60 bits per heavy atom. The minimum atomic E-state index is 0.932. The predicted molar refractivity (Wildman–Crippen MR) is 67.5 cm³/mol. The summed E-state index contributed by atoms with van der Waals surface area (Å²) >= 11 is 3.56. The quantitative estimate of drug-likeness (QED) is 0.374. The summed E-state index contributed by atoms with van der Waals surface area (Å²) in [5.41, 5.74) is 1.02. The van der Waals surface area contributed by atoms with Crippen molar-refractivity contribution in [3.63, 3.8) is 0 Å². The lowest BCUT2D eigenvalue weighted by atomic mass is 10.3. The summed E-state index contributed by atoms with van der Waals surface area (Å²) in [6.07, 6.45) is 1.51.